The maximum absolute atomic E-state index is 12.0. The summed E-state index contributed by atoms with van der Waals surface area (Å²) >= 11 is 0. The van der Waals surface area contributed by atoms with Gasteiger partial charge < -0.3 is 0 Å². The molecular weight excluding hydrogens is 224 g/mol. The molecule has 0 amide bonds. The highest BCUT2D eigenvalue weighted by atomic mass is 16.1. The number of nitrogens with zero attached hydrogens (tertiary/aromatic N) is 2. The Hall–Kier alpha value is -2.03. The van der Waals surface area contributed by atoms with E-state index in [1.807, 2.05) is 19.1 Å². The molecule has 3 nitrogen and oxygen atoms in total. The minimum absolute atomic E-state index is 0.0424. The lowest BCUT2D eigenvalue weighted by molar-refractivity contribution is 0.0983. The normalized spacial score (nSPS) is 10.3. The van der Waals surface area contributed by atoms with Gasteiger partial charge in [0.1, 0.15) is 0 Å². The van der Waals surface area contributed by atoms with Crippen LogP contribution < -0.4 is 0 Å². The van der Waals surface area contributed by atoms with Crippen molar-refractivity contribution in [2.75, 3.05) is 0 Å². The van der Waals surface area contributed by atoms with Crippen molar-refractivity contribution in [1.82, 2.24) is 9.97 Å². The molecule has 3 heteroatoms. The zero-order valence-corrected chi connectivity index (χ0v) is 10.7. The molecule has 18 heavy (non-hydrogen) atoms. The van der Waals surface area contributed by atoms with E-state index in [4.69, 9.17) is 0 Å². The van der Waals surface area contributed by atoms with Crippen molar-refractivity contribution < 1.29 is 4.79 Å². The number of hydrogen-bond acceptors (Lipinski definition) is 3. The molecule has 1 aromatic heterocycles. The predicted octanol–water partition coefficient (Wildman–Crippen LogP) is 2.77. The van der Waals surface area contributed by atoms with Crippen LogP contribution in [0.1, 0.15) is 34.2 Å². The van der Waals surface area contributed by atoms with Crippen LogP contribution >= 0.6 is 0 Å². The molecule has 0 aliphatic carbocycles. The lowest BCUT2D eigenvalue weighted by Crippen LogP contribution is -2.08. The molecule has 0 spiro atoms. The van der Waals surface area contributed by atoms with Gasteiger partial charge in [-0.2, -0.15) is 0 Å². The first-order valence-corrected chi connectivity index (χ1v) is 6.08. The summed E-state index contributed by atoms with van der Waals surface area (Å²) in [5.41, 5.74) is 3.23. The summed E-state index contributed by atoms with van der Waals surface area (Å²) in [5.74, 6) is 0.249. The van der Waals surface area contributed by atoms with Crippen molar-refractivity contribution in [3.8, 4) is 0 Å². The van der Waals surface area contributed by atoms with Crippen LogP contribution in [-0.4, -0.2) is 15.8 Å². The van der Waals surface area contributed by atoms with Crippen LogP contribution in [0.4, 0.5) is 0 Å². The second-order valence-corrected chi connectivity index (χ2v) is 4.35. The molecule has 0 aliphatic heterocycles. The third-order valence-electron chi connectivity index (χ3n) is 2.83. The maximum Gasteiger partial charge on any atom is 0.204 e. The highest BCUT2D eigenvalue weighted by molar-refractivity contribution is 5.93. The van der Waals surface area contributed by atoms with Gasteiger partial charge in [-0.05, 0) is 30.0 Å². The summed E-state index contributed by atoms with van der Waals surface area (Å²) in [7, 11) is 0. The Balaban J connectivity index is 2.08. The van der Waals surface area contributed by atoms with Crippen LogP contribution in [0.2, 0.25) is 0 Å². The van der Waals surface area contributed by atoms with Crippen molar-refractivity contribution in [3.63, 3.8) is 0 Å². The Morgan fingerprint density at radius 3 is 2.17 bits per heavy atom. The zero-order chi connectivity index (χ0) is 13.0. The quantitative estimate of drug-likeness (QED) is 0.772. The summed E-state index contributed by atoms with van der Waals surface area (Å²) in [6.07, 6.45) is 4.70. The molecule has 0 radical (unpaired) electrons. The van der Waals surface area contributed by atoms with Crippen molar-refractivity contribution >= 4 is 5.78 Å². The first-order valence-electron chi connectivity index (χ1n) is 6.08. The van der Waals surface area contributed by atoms with E-state index in [1.165, 1.54) is 5.56 Å². The van der Waals surface area contributed by atoms with Gasteiger partial charge in [0, 0.05) is 18.8 Å². The molecule has 92 valence electrons. The molecule has 1 aromatic carbocycles. The van der Waals surface area contributed by atoms with Crippen LogP contribution in [0.3, 0.4) is 0 Å². The fourth-order valence-electron chi connectivity index (χ4n) is 1.69. The Bertz CT molecular complexity index is 529. The third-order valence-corrected chi connectivity index (χ3v) is 2.83. The van der Waals surface area contributed by atoms with Crippen LogP contribution in [0.25, 0.3) is 0 Å². The van der Waals surface area contributed by atoms with Gasteiger partial charge in [-0.25, -0.2) is 9.97 Å². The van der Waals surface area contributed by atoms with Crippen LogP contribution in [0, 0.1) is 6.92 Å². The molecular formula is C15H16N2O. The van der Waals surface area contributed by atoms with Gasteiger partial charge in [-0.15, -0.1) is 0 Å². The van der Waals surface area contributed by atoms with Gasteiger partial charge in [-0.3, -0.25) is 4.79 Å². The molecule has 0 atom stereocenters. The number of carbonyl (C=O) groups excluding carboxylic acids is 1. The lowest BCUT2D eigenvalue weighted by Gasteiger charge is -2.02. The van der Waals surface area contributed by atoms with Gasteiger partial charge in [0.2, 0.25) is 5.78 Å². The number of ketones is 1. The number of benzene rings is 1. The van der Waals surface area contributed by atoms with E-state index in [1.54, 1.807) is 12.4 Å². The number of hydrogen-bond donors (Lipinski definition) is 0. The Morgan fingerprint density at radius 2 is 1.61 bits per heavy atom. The van der Waals surface area contributed by atoms with E-state index < -0.39 is 0 Å². The number of aromatic nitrogens is 2. The number of aryl methyl sites for hydroxylation is 2. The Kier molecular flexibility index (Phi) is 3.82. The van der Waals surface area contributed by atoms with Gasteiger partial charge in [0.25, 0.3) is 0 Å². The number of Topliss-reactive ketones (excluding diaryl/α,β-unsaturated/α-hetero) is 1. The van der Waals surface area contributed by atoms with E-state index in [2.05, 4.69) is 29.0 Å². The molecule has 0 saturated carbocycles. The molecule has 2 rings (SSSR count). The van der Waals surface area contributed by atoms with Crippen molar-refractivity contribution in [2.45, 2.75) is 26.7 Å². The van der Waals surface area contributed by atoms with Gasteiger partial charge >= 0.3 is 0 Å². The first kappa shape index (κ1) is 12.4. The molecule has 0 unspecified atom stereocenters. The van der Waals surface area contributed by atoms with E-state index in [-0.39, 0.29) is 5.78 Å². The number of carbonyl (C=O) groups is 1. The van der Waals surface area contributed by atoms with Gasteiger partial charge in [0.15, 0.2) is 5.82 Å². The fourth-order valence-corrected chi connectivity index (χ4v) is 1.69. The zero-order valence-electron chi connectivity index (χ0n) is 10.7. The predicted molar refractivity (Wildman–Crippen MR) is 70.6 cm³/mol. The molecule has 0 bridgehead atoms. The minimum Gasteiger partial charge on any atom is -0.290 e. The minimum atomic E-state index is -0.0424. The average molecular weight is 240 g/mol. The van der Waals surface area contributed by atoms with E-state index in [0.717, 1.165) is 17.5 Å². The van der Waals surface area contributed by atoms with Crippen molar-refractivity contribution in [2.24, 2.45) is 0 Å². The van der Waals surface area contributed by atoms with Crippen molar-refractivity contribution in [1.29, 1.82) is 0 Å². The molecule has 0 saturated heterocycles. The largest absolute Gasteiger partial charge is 0.290 e. The second kappa shape index (κ2) is 5.54. The maximum atomic E-state index is 12.0. The third kappa shape index (κ3) is 3.00. The second-order valence-electron chi connectivity index (χ2n) is 4.35. The summed E-state index contributed by atoms with van der Waals surface area (Å²) in [6, 6.07) is 8.09. The van der Waals surface area contributed by atoms with Crippen LogP contribution in [0.15, 0.2) is 36.7 Å². The molecule has 2 aromatic rings. The Labute approximate surface area is 107 Å². The smallest absolute Gasteiger partial charge is 0.204 e. The van der Waals surface area contributed by atoms with Crippen LogP contribution in [-0.2, 0) is 12.8 Å². The standard InChI is InChI=1S/C15H16N2O/c1-3-12-4-6-13(7-5-12)8-14(18)15-16-9-11(2)10-17-15/h4-7,9-10H,3,8H2,1-2H3. The van der Waals surface area contributed by atoms with Crippen LogP contribution in [0.5, 0.6) is 0 Å². The average Bonchev–Trinajstić information content (AvgIpc) is 2.40. The van der Waals surface area contributed by atoms with Crippen molar-refractivity contribution in [3.05, 3.63) is 59.2 Å². The highest BCUT2D eigenvalue weighted by Crippen LogP contribution is 2.08. The summed E-state index contributed by atoms with van der Waals surface area (Å²) in [6.45, 7) is 4.01. The summed E-state index contributed by atoms with van der Waals surface area (Å²) in [4.78, 5) is 20.0. The fraction of sp³-hybridized carbons (Fsp3) is 0.267. The van der Waals surface area contributed by atoms with E-state index >= 15 is 0 Å². The monoisotopic (exact) mass is 240 g/mol. The van der Waals surface area contributed by atoms with Gasteiger partial charge in [0.05, 0.1) is 0 Å². The van der Waals surface area contributed by atoms with Gasteiger partial charge in [-0.1, -0.05) is 31.2 Å². The van der Waals surface area contributed by atoms with E-state index in [0.29, 0.717) is 12.2 Å². The molecule has 0 N–H and O–H groups in total. The first-order chi connectivity index (χ1) is 8.69. The summed E-state index contributed by atoms with van der Waals surface area (Å²) < 4.78 is 0. The van der Waals surface area contributed by atoms with E-state index in [9.17, 15) is 4.79 Å². The SMILES string of the molecule is CCc1ccc(CC(=O)c2ncc(C)cn2)cc1. The molecule has 1 heterocycles. The highest BCUT2D eigenvalue weighted by Gasteiger charge is 2.09. The lowest BCUT2D eigenvalue weighted by atomic mass is 10.1. The summed E-state index contributed by atoms with van der Waals surface area (Å²) in [5, 5.41) is 0. The molecule has 0 fully saturated rings. The Morgan fingerprint density at radius 1 is 1.06 bits per heavy atom. The topological polar surface area (TPSA) is 42.9 Å². The molecule has 0 aliphatic rings. The number of rotatable bonds is 4.